The number of nitrogens with zero attached hydrogens (tertiary/aromatic N) is 4. The number of ether oxygens (including phenoxy) is 1. The first-order valence-electron chi connectivity index (χ1n) is 10.5. The first kappa shape index (κ1) is 21.0. The van der Waals surface area contributed by atoms with Crippen LogP contribution in [0.4, 0.5) is 10.2 Å². The molecule has 0 N–H and O–H groups in total. The molecule has 3 aromatic rings. The Morgan fingerprint density at radius 3 is 2.50 bits per heavy atom. The summed E-state index contributed by atoms with van der Waals surface area (Å²) in [4.78, 5) is 11.0. The molecule has 2 saturated heterocycles. The molecule has 2 atom stereocenters. The van der Waals surface area contributed by atoms with Crippen molar-refractivity contribution in [2.75, 3.05) is 31.1 Å². The first-order chi connectivity index (χ1) is 15.5. The number of sulfonamides is 1. The van der Waals surface area contributed by atoms with Gasteiger partial charge in [-0.25, -0.2) is 17.8 Å². The van der Waals surface area contributed by atoms with E-state index in [-0.39, 0.29) is 31.0 Å². The summed E-state index contributed by atoms with van der Waals surface area (Å²) in [7, 11) is -3.88. The van der Waals surface area contributed by atoms with Crippen LogP contribution >= 0.6 is 0 Å². The highest BCUT2D eigenvalue weighted by molar-refractivity contribution is 7.89. The molecule has 0 radical (unpaired) electrons. The molecule has 0 amide bonds. The molecule has 166 valence electrons. The van der Waals surface area contributed by atoms with Gasteiger partial charge in [-0.1, -0.05) is 30.3 Å². The van der Waals surface area contributed by atoms with Gasteiger partial charge in [-0.05, 0) is 36.4 Å². The molecule has 7 nitrogen and oxygen atoms in total. The minimum absolute atomic E-state index is 0.0144. The van der Waals surface area contributed by atoms with E-state index in [0.29, 0.717) is 18.1 Å². The van der Waals surface area contributed by atoms with Gasteiger partial charge in [0.1, 0.15) is 5.82 Å². The average Bonchev–Trinajstić information content (AvgIpc) is 3.28. The molecule has 1 spiro atoms. The lowest BCUT2D eigenvalue weighted by atomic mass is 9.98. The van der Waals surface area contributed by atoms with Crippen LogP contribution in [0.2, 0.25) is 0 Å². The second-order valence-corrected chi connectivity index (χ2v) is 9.71. The summed E-state index contributed by atoms with van der Waals surface area (Å²) >= 11 is 0. The van der Waals surface area contributed by atoms with Crippen molar-refractivity contribution in [1.82, 2.24) is 14.3 Å². The van der Waals surface area contributed by atoms with Gasteiger partial charge in [0.25, 0.3) is 0 Å². The minimum Gasteiger partial charge on any atom is -0.355 e. The lowest BCUT2D eigenvalue weighted by Crippen LogP contribution is -2.62. The maximum absolute atomic E-state index is 15.7. The fourth-order valence-electron chi connectivity index (χ4n) is 4.40. The van der Waals surface area contributed by atoms with Crippen molar-refractivity contribution >= 4 is 15.8 Å². The highest BCUT2D eigenvalue weighted by Crippen LogP contribution is 2.40. The van der Waals surface area contributed by atoms with E-state index < -0.39 is 21.9 Å². The van der Waals surface area contributed by atoms with E-state index in [1.54, 1.807) is 24.4 Å². The Labute approximate surface area is 186 Å². The second-order valence-electron chi connectivity index (χ2n) is 7.84. The maximum Gasteiger partial charge on any atom is 0.245 e. The van der Waals surface area contributed by atoms with Gasteiger partial charge in [0.2, 0.25) is 10.0 Å². The van der Waals surface area contributed by atoms with Gasteiger partial charge in [-0.2, -0.15) is 4.31 Å². The predicted molar refractivity (Wildman–Crippen MR) is 118 cm³/mol. The van der Waals surface area contributed by atoms with Crippen molar-refractivity contribution in [3.8, 4) is 11.4 Å². The van der Waals surface area contributed by atoms with Gasteiger partial charge in [0, 0.05) is 25.7 Å². The summed E-state index contributed by atoms with van der Waals surface area (Å²) in [5.74, 6) is 0.626. The normalized spacial score (nSPS) is 24.2. The van der Waals surface area contributed by atoms with Crippen molar-refractivity contribution in [2.24, 2.45) is 0 Å². The number of alkyl halides is 1. The third-order valence-corrected chi connectivity index (χ3v) is 7.94. The van der Waals surface area contributed by atoms with Crippen LogP contribution in [0.25, 0.3) is 11.4 Å². The van der Waals surface area contributed by atoms with Crippen molar-refractivity contribution in [1.29, 1.82) is 0 Å². The summed E-state index contributed by atoms with van der Waals surface area (Å²) in [5, 5.41) is 0. The molecule has 4 heterocycles. The average molecular weight is 455 g/mol. The third-order valence-electron chi connectivity index (χ3n) is 6.00. The summed E-state index contributed by atoms with van der Waals surface area (Å²) < 4.78 is 49.2. The fourth-order valence-corrected chi connectivity index (χ4v) is 6.13. The van der Waals surface area contributed by atoms with E-state index in [9.17, 15) is 8.42 Å². The largest absolute Gasteiger partial charge is 0.355 e. The van der Waals surface area contributed by atoms with E-state index in [2.05, 4.69) is 9.97 Å². The van der Waals surface area contributed by atoms with Crippen molar-refractivity contribution < 1.29 is 17.5 Å². The van der Waals surface area contributed by atoms with Gasteiger partial charge in [0.15, 0.2) is 11.9 Å². The van der Waals surface area contributed by atoms with Gasteiger partial charge in [-0.3, -0.25) is 4.98 Å². The monoisotopic (exact) mass is 454 g/mol. The molecule has 1 aromatic carbocycles. The molecule has 2 aromatic heterocycles. The molecule has 9 heteroatoms. The summed E-state index contributed by atoms with van der Waals surface area (Å²) in [6.07, 6.45) is 0.374. The van der Waals surface area contributed by atoms with Crippen LogP contribution < -0.4 is 4.90 Å². The zero-order valence-electron chi connectivity index (χ0n) is 17.3. The van der Waals surface area contributed by atoms with Crippen LogP contribution in [0.3, 0.4) is 0 Å². The van der Waals surface area contributed by atoms with Crippen LogP contribution in [-0.4, -0.2) is 60.8 Å². The molecule has 2 fully saturated rings. The fraction of sp³-hybridized carbons (Fsp3) is 0.304. The van der Waals surface area contributed by atoms with E-state index in [0.717, 1.165) is 5.69 Å². The zero-order chi connectivity index (χ0) is 22.2. The summed E-state index contributed by atoms with van der Waals surface area (Å²) in [5.41, 5.74) is -0.0629. The molecular weight excluding hydrogens is 431 g/mol. The Morgan fingerprint density at radius 2 is 1.75 bits per heavy atom. The number of aromatic nitrogens is 2. The standard InChI is InChI=1S/C23H23FN4O3S/c24-21-17-27(22-11-6-10-20(26-22)19-9-4-5-13-25-19)14-12-23(21)28(15-16-31-23)32(29,30)18-7-2-1-3-8-18/h1-11,13,21H,12,14-17H2. The van der Waals surface area contributed by atoms with E-state index >= 15 is 4.39 Å². The molecule has 2 unspecified atom stereocenters. The smallest absolute Gasteiger partial charge is 0.245 e. The molecule has 32 heavy (non-hydrogen) atoms. The highest BCUT2D eigenvalue weighted by Gasteiger charge is 2.56. The Bertz CT molecular complexity index is 1200. The Balaban J connectivity index is 1.40. The topological polar surface area (TPSA) is 75.6 Å². The lowest BCUT2D eigenvalue weighted by molar-refractivity contribution is -0.116. The van der Waals surface area contributed by atoms with Gasteiger partial charge >= 0.3 is 0 Å². The number of halogens is 1. The zero-order valence-corrected chi connectivity index (χ0v) is 18.2. The second kappa shape index (κ2) is 8.23. The molecule has 0 aliphatic carbocycles. The molecule has 0 saturated carbocycles. The van der Waals surface area contributed by atoms with Gasteiger partial charge in [-0.15, -0.1) is 0 Å². The maximum atomic E-state index is 15.7. The van der Waals surface area contributed by atoms with Crippen molar-refractivity contribution in [3.05, 3.63) is 72.9 Å². The SMILES string of the molecule is O=S(=O)(c1ccccc1)N1CCOC12CCN(c1cccc(-c3ccccn3)n1)CC2F. The van der Waals surface area contributed by atoms with Crippen LogP contribution in [0, 0.1) is 0 Å². The molecular formula is C23H23FN4O3S. The number of benzene rings is 1. The number of pyridine rings is 2. The number of anilines is 1. The van der Waals surface area contributed by atoms with Crippen molar-refractivity contribution in [3.63, 3.8) is 0 Å². The van der Waals surface area contributed by atoms with Gasteiger partial charge < -0.3 is 9.64 Å². The third kappa shape index (κ3) is 3.56. The van der Waals surface area contributed by atoms with E-state index in [1.165, 1.54) is 16.4 Å². The molecule has 5 rings (SSSR count). The summed E-state index contributed by atoms with van der Waals surface area (Å²) in [6, 6.07) is 19.3. The first-order valence-corrected chi connectivity index (χ1v) is 11.9. The number of hydrogen-bond acceptors (Lipinski definition) is 6. The molecule has 0 bridgehead atoms. The van der Waals surface area contributed by atoms with E-state index in [1.807, 2.05) is 41.3 Å². The number of rotatable bonds is 4. The number of piperidine rings is 1. The molecule has 2 aliphatic heterocycles. The quantitative estimate of drug-likeness (QED) is 0.603. The summed E-state index contributed by atoms with van der Waals surface area (Å²) in [6.45, 7) is 0.699. The van der Waals surface area contributed by atoms with Crippen LogP contribution in [0.15, 0.2) is 77.8 Å². The Hall–Kier alpha value is -2.88. The molecule has 2 aliphatic rings. The van der Waals surface area contributed by atoms with Crippen LogP contribution in [-0.2, 0) is 14.8 Å². The highest BCUT2D eigenvalue weighted by atomic mass is 32.2. The Morgan fingerprint density at radius 1 is 0.969 bits per heavy atom. The lowest BCUT2D eigenvalue weighted by Gasteiger charge is -2.45. The minimum atomic E-state index is -3.88. The van der Waals surface area contributed by atoms with Crippen LogP contribution in [0.1, 0.15) is 6.42 Å². The van der Waals surface area contributed by atoms with E-state index in [4.69, 9.17) is 4.74 Å². The van der Waals surface area contributed by atoms with Gasteiger partial charge in [0.05, 0.1) is 29.4 Å². The number of hydrogen-bond donors (Lipinski definition) is 0. The van der Waals surface area contributed by atoms with Crippen molar-refractivity contribution in [2.45, 2.75) is 23.2 Å². The predicted octanol–water partition coefficient (Wildman–Crippen LogP) is 3.11. The Kier molecular flexibility index (Phi) is 5.40. The van der Waals surface area contributed by atoms with Crippen LogP contribution in [0.5, 0.6) is 0 Å².